The van der Waals surface area contributed by atoms with E-state index in [4.69, 9.17) is 9.97 Å². The second kappa shape index (κ2) is 13.6. The van der Waals surface area contributed by atoms with Crippen LogP contribution in [-0.4, -0.2) is 19.1 Å². The van der Waals surface area contributed by atoms with Gasteiger partial charge in [-0.15, -0.1) is 0 Å². The molecule has 0 aliphatic carbocycles. The molecule has 0 amide bonds. The summed E-state index contributed by atoms with van der Waals surface area (Å²) < 4.78 is 4.85. The van der Waals surface area contributed by atoms with Crippen LogP contribution in [0.2, 0.25) is 0 Å². The molecule has 0 spiro atoms. The van der Waals surface area contributed by atoms with Gasteiger partial charge in [-0.05, 0) is 123 Å². The number of aryl methyl sites for hydroxylation is 7. The zero-order chi connectivity index (χ0) is 38.8. The second-order valence-corrected chi connectivity index (χ2v) is 15.2. The first-order valence-corrected chi connectivity index (χ1v) is 19.5. The minimum absolute atomic E-state index is 0.961. The lowest BCUT2D eigenvalue weighted by molar-refractivity contribution is 0.991. The quantitative estimate of drug-likeness (QED) is 0.181. The van der Waals surface area contributed by atoms with Crippen molar-refractivity contribution in [1.82, 2.24) is 19.1 Å². The Bertz CT molecular complexity index is 2940. The van der Waals surface area contributed by atoms with Crippen LogP contribution in [0.15, 0.2) is 121 Å². The Morgan fingerprint density at radius 3 is 1.32 bits per heavy atom. The maximum absolute atomic E-state index is 5.75. The van der Waals surface area contributed by atoms with Gasteiger partial charge in [0, 0.05) is 46.0 Å². The van der Waals surface area contributed by atoms with Gasteiger partial charge >= 0.3 is 0 Å². The molecule has 0 atom stereocenters. The van der Waals surface area contributed by atoms with E-state index >= 15 is 0 Å². The Morgan fingerprint density at radius 2 is 0.804 bits per heavy atom. The standard InChI is InChI=1S/C52H46N4/c1-31-32(2)50-36(6)47-35(5)44(38-21-13-9-14-22-38)48(54-47)37(7)52-46(40-25-17-11-18-26-40)45(39-23-15-10-16-24-39)51(56(52)41-27-19-12-20-28-41)34(4)43-30-29-42(53-43)33(3)49(31)55(50)8/h9-30H,1-8H3. The lowest BCUT2D eigenvalue weighted by atomic mass is 9.92. The SMILES string of the molecule is CC1=C(c2ccccc2)c2nc1c(C)c1c(C)c(C)c(c(C)c3nc(c(C)c4c(-c5ccccc5)c(-c5ccccc5)c(c2C)n4-c2ccccc2)C=C3)n1C. The average molecular weight is 727 g/mol. The number of hydrogen-bond donors (Lipinski definition) is 0. The van der Waals surface area contributed by atoms with Crippen molar-refractivity contribution in [1.29, 1.82) is 0 Å². The molecule has 4 aromatic carbocycles. The van der Waals surface area contributed by atoms with Crippen LogP contribution >= 0.6 is 0 Å². The van der Waals surface area contributed by atoms with E-state index in [2.05, 4.69) is 198 Å². The van der Waals surface area contributed by atoms with E-state index < -0.39 is 0 Å². The number of allylic oxidation sites excluding steroid dienone is 1. The molecule has 4 heteroatoms. The molecule has 0 N–H and O–H groups in total. The van der Waals surface area contributed by atoms with E-state index in [1.807, 2.05) is 0 Å². The summed E-state index contributed by atoms with van der Waals surface area (Å²) in [5.41, 5.74) is 24.9. The highest BCUT2D eigenvalue weighted by molar-refractivity contribution is 6.09. The van der Waals surface area contributed by atoms with E-state index in [0.29, 0.717) is 0 Å². The van der Waals surface area contributed by atoms with Crippen molar-refractivity contribution in [3.8, 4) is 27.9 Å². The van der Waals surface area contributed by atoms with E-state index in [1.165, 1.54) is 50.0 Å². The zero-order valence-electron chi connectivity index (χ0n) is 33.5. The van der Waals surface area contributed by atoms with Crippen LogP contribution < -0.4 is 0 Å². The van der Waals surface area contributed by atoms with E-state index in [-0.39, 0.29) is 0 Å². The van der Waals surface area contributed by atoms with Gasteiger partial charge in [-0.1, -0.05) is 109 Å². The van der Waals surface area contributed by atoms with Crippen LogP contribution in [0.4, 0.5) is 0 Å². The summed E-state index contributed by atoms with van der Waals surface area (Å²) in [6.07, 6.45) is 4.40. The number of para-hydroxylation sites is 1. The molecule has 3 aromatic heterocycles. The summed E-state index contributed by atoms with van der Waals surface area (Å²) in [4.78, 5) is 11.2. The Balaban J connectivity index is 1.65. The normalized spacial score (nSPS) is 12.5. The predicted octanol–water partition coefficient (Wildman–Crippen LogP) is 13.1. The largest absolute Gasteiger partial charge is 0.344 e. The predicted molar refractivity (Wildman–Crippen MR) is 237 cm³/mol. The molecule has 5 heterocycles. The molecule has 0 radical (unpaired) electrons. The lowest BCUT2D eigenvalue weighted by Gasteiger charge is -2.13. The first-order chi connectivity index (χ1) is 27.2. The van der Waals surface area contributed by atoms with Crippen molar-refractivity contribution in [2.75, 3.05) is 0 Å². The molecule has 0 fully saturated rings. The summed E-state index contributed by atoms with van der Waals surface area (Å²) in [5.74, 6) is 0. The van der Waals surface area contributed by atoms with Crippen molar-refractivity contribution in [3.05, 3.63) is 183 Å². The van der Waals surface area contributed by atoms with Gasteiger partial charge in [0.2, 0.25) is 0 Å². The van der Waals surface area contributed by atoms with Gasteiger partial charge in [-0.3, -0.25) is 0 Å². The molecule has 0 unspecified atom stereocenters. The smallest absolute Gasteiger partial charge is 0.0769 e. The molecule has 56 heavy (non-hydrogen) atoms. The third kappa shape index (κ3) is 5.35. The Hall–Kier alpha value is -6.52. The molecule has 0 saturated heterocycles. The summed E-state index contributed by atoms with van der Waals surface area (Å²) in [6.45, 7) is 15.7. The van der Waals surface area contributed by atoms with E-state index in [0.717, 1.165) is 72.9 Å². The molecule has 9 rings (SSSR count). The summed E-state index contributed by atoms with van der Waals surface area (Å²) in [5, 5.41) is 0. The van der Waals surface area contributed by atoms with Gasteiger partial charge in [-0.25, -0.2) is 9.97 Å². The maximum Gasteiger partial charge on any atom is 0.0769 e. The van der Waals surface area contributed by atoms with Crippen LogP contribution in [-0.2, 0) is 7.05 Å². The number of rotatable bonds is 4. The number of hydrogen-bond acceptors (Lipinski definition) is 2. The van der Waals surface area contributed by atoms with Crippen LogP contribution in [0.5, 0.6) is 0 Å². The molecular formula is C52H46N4. The highest BCUT2D eigenvalue weighted by Crippen LogP contribution is 2.47. The third-order valence-corrected chi connectivity index (χ3v) is 12.0. The Labute approximate surface area is 329 Å². The fourth-order valence-corrected chi connectivity index (χ4v) is 9.31. The second-order valence-electron chi connectivity index (χ2n) is 15.2. The molecule has 2 aliphatic rings. The molecule has 274 valence electrons. The fourth-order valence-electron chi connectivity index (χ4n) is 9.31. The first kappa shape index (κ1) is 35.2. The van der Waals surface area contributed by atoms with Crippen LogP contribution in [0.1, 0.15) is 68.6 Å². The molecule has 2 aliphatic heterocycles. The van der Waals surface area contributed by atoms with E-state index in [9.17, 15) is 0 Å². The lowest BCUT2D eigenvalue weighted by Crippen LogP contribution is -1.99. The number of nitrogens with zero attached hydrogens (tertiary/aromatic N) is 4. The van der Waals surface area contributed by atoms with Gasteiger partial charge in [0.25, 0.3) is 0 Å². The summed E-state index contributed by atoms with van der Waals surface area (Å²) in [7, 11) is 2.20. The average Bonchev–Trinajstić information content (AvgIpc) is 4.00. The van der Waals surface area contributed by atoms with Crippen molar-refractivity contribution in [2.45, 2.75) is 48.5 Å². The summed E-state index contributed by atoms with van der Waals surface area (Å²) >= 11 is 0. The molecule has 8 bridgehead atoms. The van der Waals surface area contributed by atoms with Crippen LogP contribution in [0, 0.1) is 41.5 Å². The van der Waals surface area contributed by atoms with Crippen LogP contribution in [0.25, 0.3) is 73.3 Å². The minimum atomic E-state index is 0.961. The van der Waals surface area contributed by atoms with Crippen molar-refractivity contribution >= 4 is 45.4 Å². The molecular weight excluding hydrogens is 681 g/mol. The zero-order valence-corrected chi connectivity index (χ0v) is 33.5. The van der Waals surface area contributed by atoms with Crippen LogP contribution in [0.3, 0.4) is 0 Å². The van der Waals surface area contributed by atoms with Crippen molar-refractivity contribution in [2.24, 2.45) is 7.05 Å². The van der Waals surface area contributed by atoms with E-state index in [1.54, 1.807) is 0 Å². The number of fused-ring (bicyclic) bond motifs is 8. The Morgan fingerprint density at radius 1 is 0.393 bits per heavy atom. The fraction of sp³-hybridized carbons (Fsp3) is 0.154. The first-order valence-electron chi connectivity index (χ1n) is 19.5. The van der Waals surface area contributed by atoms with Gasteiger partial charge in [0.1, 0.15) is 0 Å². The highest BCUT2D eigenvalue weighted by Gasteiger charge is 2.29. The molecule has 7 aromatic rings. The Kier molecular flexibility index (Phi) is 8.58. The van der Waals surface area contributed by atoms with Gasteiger partial charge in [0.15, 0.2) is 0 Å². The third-order valence-electron chi connectivity index (χ3n) is 12.0. The molecule has 4 nitrogen and oxygen atoms in total. The van der Waals surface area contributed by atoms with Gasteiger partial charge in [0.05, 0.1) is 33.8 Å². The van der Waals surface area contributed by atoms with Crippen molar-refractivity contribution < 1.29 is 0 Å². The van der Waals surface area contributed by atoms with Gasteiger partial charge < -0.3 is 9.13 Å². The van der Waals surface area contributed by atoms with Gasteiger partial charge in [-0.2, -0.15) is 0 Å². The minimum Gasteiger partial charge on any atom is -0.344 e. The molecule has 0 saturated carbocycles. The monoisotopic (exact) mass is 726 g/mol. The highest BCUT2D eigenvalue weighted by atomic mass is 15.0. The topological polar surface area (TPSA) is 35.6 Å². The maximum atomic E-state index is 5.75. The number of benzene rings is 4. The number of aromatic nitrogens is 4. The van der Waals surface area contributed by atoms with Crippen molar-refractivity contribution in [3.63, 3.8) is 0 Å². The summed E-state index contributed by atoms with van der Waals surface area (Å²) in [6, 6.07) is 43.4.